The van der Waals surface area contributed by atoms with Crippen molar-refractivity contribution in [1.29, 1.82) is 0 Å². The van der Waals surface area contributed by atoms with Gasteiger partial charge in [-0.3, -0.25) is 14.6 Å². The van der Waals surface area contributed by atoms with Gasteiger partial charge in [-0.1, -0.05) is 6.07 Å². The molecule has 3 N–H and O–H groups in total. The van der Waals surface area contributed by atoms with E-state index in [9.17, 15) is 12.8 Å². The van der Waals surface area contributed by atoms with E-state index in [0.717, 1.165) is 19.5 Å². The molecule has 0 atom stereocenters. The normalized spacial score (nSPS) is 12.7. The number of halogens is 1. The molecule has 0 aliphatic heterocycles. The minimum atomic E-state index is -3.59. The summed E-state index contributed by atoms with van der Waals surface area (Å²) in [7, 11) is -1.95. The SMILES string of the molecule is CN=C(NCCCN(C(C)C)C(C)C)NCCS(=O)(=O)Nc1ccc(C)c(F)c1. The fourth-order valence-corrected chi connectivity index (χ4v) is 3.95. The van der Waals surface area contributed by atoms with Crippen LogP contribution in [0.3, 0.4) is 0 Å². The molecule has 0 spiro atoms. The molecule has 9 heteroatoms. The molecule has 0 radical (unpaired) electrons. The average Bonchev–Trinajstić information content (AvgIpc) is 2.62. The van der Waals surface area contributed by atoms with Crippen molar-refractivity contribution in [2.75, 3.05) is 37.2 Å². The van der Waals surface area contributed by atoms with Crippen molar-refractivity contribution in [3.8, 4) is 0 Å². The van der Waals surface area contributed by atoms with Gasteiger partial charge in [0.15, 0.2) is 5.96 Å². The van der Waals surface area contributed by atoms with Gasteiger partial charge in [0.2, 0.25) is 10.0 Å². The van der Waals surface area contributed by atoms with Crippen molar-refractivity contribution in [3.63, 3.8) is 0 Å². The Morgan fingerprint density at radius 1 is 1.14 bits per heavy atom. The molecule has 0 heterocycles. The minimum Gasteiger partial charge on any atom is -0.356 e. The second kappa shape index (κ2) is 12.0. The van der Waals surface area contributed by atoms with Gasteiger partial charge >= 0.3 is 0 Å². The second-order valence-electron chi connectivity index (χ2n) is 7.59. The fourth-order valence-electron chi connectivity index (χ4n) is 2.99. The highest BCUT2D eigenvalue weighted by Crippen LogP contribution is 2.14. The summed E-state index contributed by atoms with van der Waals surface area (Å²) in [6, 6.07) is 5.25. The van der Waals surface area contributed by atoms with Crippen LogP contribution in [0.25, 0.3) is 0 Å². The van der Waals surface area contributed by atoms with E-state index in [4.69, 9.17) is 0 Å². The number of anilines is 1. The molecular formula is C20H36FN5O2S. The van der Waals surface area contributed by atoms with E-state index >= 15 is 0 Å². The molecule has 29 heavy (non-hydrogen) atoms. The summed E-state index contributed by atoms with van der Waals surface area (Å²) in [5, 5.41) is 6.20. The monoisotopic (exact) mass is 429 g/mol. The molecule has 0 saturated heterocycles. The molecule has 0 fully saturated rings. The molecule has 1 rings (SSSR count). The highest BCUT2D eigenvalue weighted by atomic mass is 32.2. The Morgan fingerprint density at radius 2 is 1.76 bits per heavy atom. The summed E-state index contributed by atoms with van der Waals surface area (Å²) >= 11 is 0. The smallest absolute Gasteiger partial charge is 0.234 e. The Bertz CT molecular complexity index is 758. The van der Waals surface area contributed by atoms with E-state index in [-0.39, 0.29) is 18.0 Å². The van der Waals surface area contributed by atoms with Gasteiger partial charge in [-0.05, 0) is 58.7 Å². The van der Waals surface area contributed by atoms with Gasteiger partial charge < -0.3 is 10.6 Å². The van der Waals surface area contributed by atoms with Crippen LogP contribution in [0.5, 0.6) is 0 Å². The predicted octanol–water partition coefficient (Wildman–Crippen LogP) is 2.55. The van der Waals surface area contributed by atoms with Gasteiger partial charge in [0, 0.05) is 38.8 Å². The maximum absolute atomic E-state index is 13.6. The largest absolute Gasteiger partial charge is 0.356 e. The molecule has 0 saturated carbocycles. The van der Waals surface area contributed by atoms with Crippen molar-refractivity contribution in [3.05, 3.63) is 29.6 Å². The first-order chi connectivity index (χ1) is 13.6. The van der Waals surface area contributed by atoms with E-state index in [1.807, 2.05) is 0 Å². The van der Waals surface area contributed by atoms with Gasteiger partial charge in [-0.15, -0.1) is 0 Å². The van der Waals surface area contributed by atoms with Crippen LogP contribution in [-0.4, -0.2) is 63.8 Å². The number of sulfonamides is 1. The van der Waals surface area contributed by atoms with E-state index in [0.29, 0.717) is 23.6 Å². The van der Waals surface area contributed by atoms with Crippen LogP contribution in [0.4, 0.5) is 10.1 Å². The van der Waals surface area contributed by atoms with Crippen LogP contribution < -0.4 is 15.4 Å². The number of hydrogen-bond acceptors (Lipinski definition) is 4. The number of benzene rings is 1. The maximum Gasteiger partial charge on any atom is 0.234 e. The van der Waals surface area contributed by atoms with Crippen molar-refractivity contribution >= 4 is 21.7 Å². The summed E-state index contributed by atoms with van der Waals surface area (Å²) in [5.74, 6) is -0.0406. The first-order valence-corrected chi connectivity index (χ1v) is 11.7. The summed E-state index contributed by atoms with van der Waals surface area (Å²) < 4.78 is 40.3. The molecule has 1 aromatic rings. The number of nitrogens with zero attached hydrogens (tertiary/aromatic N) is 2. The van der Waals surface area contributed by atoms with Crippen LogP contribution in [0.2, 0.25) is 0 Å². The first-order valence-electron chi connectivity index (χ1n) is 10.0. The minimum absolute atomic E-state index is 0.155. The number of aliphatic imine (C=N–C) groups is 1. The van der Waals surface area contributed by atoms with E-state index in [1.54, 1.807) is 20.0 Å². The average molecular weight is 430 g/mol. The Kier molecular flexibility index (Phi) is 10.4. The third-order valence-electron chi connectivity index (χ3n) is 4.54. The van der Waals surface area contributed by atoms with Gasteiger partial charge in [-0.25, -0.2) is 12.8 Å². The summed E-state index contributed by atoms with van der Waals surface area (Å²) in [5.41, 5.74) is 0.685. The van der Waals surface area contributed by atoms with Crippen molar-refractivity contribution in [1.82, 2.24) is 15.5 Å². The highest BCUT2D eigenvalue weighted by molar-refractivity contribution is 7.92. The molecule has 166 valence electrons. The van der Waals surface area contributed by atoms with E-state index < -0.39 is 15.8 Å². The number of rotatable bonds is 11. The number of hydrogen-bond donors (Lipinski definition) is 3. The molecule has 7 nitrogen and oxygen atoms in total. The molecule has 0 aromatic heterocycles. The third-order valence-corrected chi connectivity index (χ3v) is 5.83. The summed E-state index contributed by atoms with van der Waals surface area (Å²) in [6.07, 6.45) is 0.954. The Labute approximate surface area is 175 Å². The molecule has 1 aromatic carbocycles. The zero-order valence-corrected chi connectivity index (χ0v) is 19.2. The molecule has 0 aliphatic rings. The van der Waals surface area contributed by atoms with Crippen LogP contribution in [0, 0.1) is 12.7 Å². The van der Waals surface area contributed by atoms with Gasteiger partial charge in [0.25, 0.3) is 0 Å². The second-order valence-corrected chi connectivity index (χ2v) is 9.43. The van der Waals surface area contributed by atoms with Crippen LogP contribution >= 0.6 is 0 Å². The van der Waals surface area contributed by atoms with Crippen LogP contribution in [-0.2, 0) is 10.0 Å². The lowest BCUT2D eigenvalue weighted by Crippen LogP contribution is -2.42. The topological polar surface area (TPSA) is 85.8 Å². The highest BCUT2D eigenvalue weighted by Gasteiger charge is 2.13. The van der Waals surface area contributed by atoms with Crippen molar-refractivity contribution < 1.29 is 12.8 Å². The third kappa shape index (κ3) is 9.45. The zero-order valence-electron chi connectivity index (χ0n) is 18.4. The Balaban J connectivity index is 2.39. The lowest BCUT2D eigenvalue weighted by atomic mass is 10.2. The zero-order chi connectivity index (χ0) is 22.0. The van der Waals surface area contributed by atoms with Crippen LogP contribution in [0.15, 0.2) is 23.2 Å². The predicted molar refractivity (Wildman–Crippen MR) is 120 cm³/mol. The van der Waals surface area contributed by atoms with Crippen molar-refractivity contribution in [2.45, 2.75) is 53.1 Å². The molecule has 0 bridgehead atoms. The summed E-state index contributed by atoms with van der Waals surface area (Å²) in [4.78, 5) is 6.54. The van der Waals surface area contributed by atoms with Crippen molar-refractivity contribution in [2.24, 2.45) is 4.99 Å². The first kappa shape index (κ1) is 25.2. The van der Waals surface area contributed by atoms with Gasteiger partial charge in [0.1, 0.15) is 5.82 Å². The number of guanidine groups is 1. The Morgan fingerprint density at radius 3 is 2.31 bits per heavy atom. The molecular weight excluding hydrogens is 393 g/mol. The summed E-state index contributed by atoms with van der Waals surface area (Å²) in [6.45, 7) is 12.3. The van der Waals surface area contributed by atoms with Crippen LogP contribution in [0.1, 0.15) is 39.7 Å². The quantitative estimate of drug-likeness (QED) is 0.286. The number of nitrogens with one attached hydrogen (secondary N) is 3. The lowest BCUT2D eigenvalue weighted by Gasteiger charge is -2.30. The fraction of sp³-hybridized carbons (Fsp3) is 0.650. The molecule has 0 aliphatic carbocycles. The number of aryl methyl sites for hydroxylation is 1. The maximum atomic E-state index is 13.6. The van der Waals surface area contributed by atoms with Gasteiger partial charge in [-0.2, -0.15) is 0 Å². The van der Waals surface area contributed by atoms with E-state index in [2.05, 4.69) is 52.9 Å². The van der Waals surface area contributed by atoms with E-state index in [1.165, 1.54) is 12.1 Å². The molecule has 0 unspecified atom stereocenters. The molecule has 0 amide bonds. The Hall–Kier alpha value is -1.87. The van der Waals surface area contributed by atoms with Gasteiger partial charge in [0.05, 0.1) is 11.4 Å². The lowest BCUT2D eigenvalue weighted by molar-refractivity contribution is 0.173. The standard InChI is InChI=1S/C20H36FN5O2S/c1-15(2)26(16(3)4)12-7-10-23-20(22-6)24-11-13-29(27,28)25-18-9-8-17(5)19(21)14-18/h8-9,14-16,25H,7,10-13H2,1-6H3,(H2,22,23,24).